The molecule has 0 aliphatic carbocycles. The van der Waals surface area contributed by atoms with E-state index in [-0.39, 0.29) is 17.2 Å². The lowest BCUT2D eigenvalue weighted by Gasteiger charge is -1.98. The third-order valence-electron chi connectivity index (χ3n) is 2.11. The SMILES string of the molecule is O=C(/C=C(/O)c1ccccn1)c1ccccn1. The molecule has 0 unspecified atom stereocenters. The quantitative estimate of drug-likeness (QED) is 0.495. The first-order valence-electron chi connectivity index (χ1n) is 5.05. The van der Waals surface area contributed by atoms with Crippen molar-refractivity contribution in [3.05, 3.63) is 66.3 Å². The van der Waals surface area contributed by atoms with E-state index in [0.29, 0.717) is 5.69 Å². The summed E-state index contributed by atoms with van der Waals surface area (Å²) in [5.74, 6) is -0.519. The number of rotatable bonds is 3. The molecule has 84 valence electrons. The van der Waals surface area contributed by atoms with E-state index >= 15 is 0 Å². The summed E-state index contributed by atoms with van der Waals surface area (Å²) >= 11 is 0. The molecule has 0 radical (unpaired) electrons. The van der Waals surface area contributed by atoms with Crippen molar-refractivity contribution in [2.45, 2.75) is 0 Å². The van der Waals surface area contributed by atoms with Gasteiger partial charge in [-0.2, -0.15) is 0 Å². The summed E-state index contributed by atoms with van der Waals surface area (Å²) in [6, 6.07) is 10.1. The van der Waals surface area contributed by atoms with E-state index in [9.17, 15) is 9.90 Å². The average Bonchev–Trinajstić information content (AvgIpc) is 2.40. The van der Waals surface area contributed by atoms with Crippen molar-refractivity contribution in [3.63, 3.8) is 0 Å². The molecule has 0 aliphatic rings. The Morgan fingerprint density at radius 3 is 2.12 bits per heavy atom. The van der Waals surface area contributed by atoms with Gasteiger partial charge in [0.25, 0.3) is 0 Å². The molecular weight excluding hydrogens is 216 g/mol. The summed E-state index contributed by atoms with van der Waals surface area (Å²) in [6.45, 7) is 0. The number of allylic oxidation sites excluding steroid dienone is 1. The Bertz CT molecular complexity index is 536. The molecule has 0 saturated heterocycles. The smallest absolute Gasteiger partial charge is 0.207 e. The van der Waals surface area contributed by atoms with Gasteiger partial charge in [0.2, 0.25) is 5.78 Å². The molecule has 0 fully saturated rings. The maximum Gasteiger partial charge on any atom is 0.207 e. The second-order valence-corrected chi connectivity index (χ2v) is 3.32. The zero-order valence-electron chi connectivity index (χ0n) is 8.95. The van der Waals surface area contributed by atoms with Gasteiger partial charge in [0.1, 0.15) is 17.1 Å². The monoisotopic (exact) mass is 226 g/mol. The van der Waals surface area contributed by atoms with E-state index in [2.05, 4.69) is 9.97 Å². The lowest BCUT2D eigenvalue weighted by molar-refractivity contribution is 0.104. The van der Waals surface area contributed by atoms with Gasteiger partial charge in [-0.1, -0.05) is 12.1 Å². The van der Waals surface area contributed by atoms with Gasteiger partial charge in [0, 0.05) is 18.5 Å². The van der Waals surface area contributed by atoms with Crippen molar-refractivity contribution >= 4 is 11.5 Å². The molecule has 2 aromatic heterocycles. The molecule has 2 rings (SSSR count). The van der Waals surface area contributed by atoms with Crippen LogP contribution in [0.2, 0.25) is 0 Å². The van der Waals surface area contributed by atoms with E-state index in [4.69, 9.17) is 0 Å². The number of aromatic nitrogens is 2. The lowest BCUT2D eigenvalue weighted by atomic mass is 10.2. The topological polar surface area (TPSA) is 63.1 Å². The minimum Gasteiger partial charge on any atom is -0.506 e. The maximum atomic E-state index is 11.7. The van der Waals surface area contributed by atoms with Gasteiger partial charge < -0.3 is 5.11 Å². The van der Waals surface area contributed by atoms with Crippen LogP contribution < -0.4 is 0 Å². The maximum absolute atomic E-state index is 11.7. The highest BCUT2D eigenvalue weighted by molar-refractivity contribution is 6.06. The van der Waals surface area contributed by atoms with Gasteiger partial charge in [-0.25, -0.2) is 0 Å². The first-order valence-corrected chi connectivity index (χ1v) is 5.05. The standard InChI is InChI=1S/C13H10N2O2/c16-12(10-5-1-3-7-14-10)9-13(17)11-6-2-4-8-15-11/h1-9,16H/b12-9+. The predicted octanol–water partition coefficient (Wildman–Crippen LogP) is 2.26. The van der Waals surface area contributed by atoms with E-state index in [1.54, 1.807) is 42.6 Å². The van der Waals surface area contributed by atoms with Crippen LogP contribution >= 0.6 is 0 Å². The number of nitrogens with zero attached hydrogens (tertiary/aromatic N) is 2. The Balaban J connectivity index is 2.24. The molecule has 0 amide bonds. The Morgan fingerprint density at radius 1 is 1.00 bits per heavy atom. The van der Waals surface area contributed by atoms with Crippen LogP contribution in [-0.2, 0) is 0 Å². The number of carbonyl (C=O) groups excluding carboxylic acids is 1. The summed E-state index contributed by atoms with van der Waals surface area (Å²) < 4.78 is 0. The Kier molecular flexibility index (Phi) is 3.25. The molecule has 4 heteroatoms. The first-order chi connectivity index (χ1) is 8.27. The van der Waals surface area contributed by atoms with Crippen LogP contribution in [0.1, 0.15) is 16.2 Å². The van der Waals surface area contributed by atoms with Gasteiger partial charge in [-0.3, -0.25) is 14.8 Å². The van der Waals surface area contributed by atoms with Crippen LogP contribution in [-0.4, -0.2) is 20.9 Å². The highest BCUT2D eigenvalue weighted by Crippen LogP contribution is 2.08. The summed E-state index contributed by atoms with van der Waals surface area (Å²) in [7, 11) is 0. The van der Waals surface area contributed by atoms with Crippen LogP contribution in [0.3, 0.4) is 0 Å². The Labute approximate surface area is 98.3 Å². The van der Waals surface area contributed by atoms with Crippen molar-refractivity contribution in [2.75, 3.05) is 0 Å². The molecule has 0 spiro atoms. The Hall–Kier alpha value is -2.49. The fourth-order valence-electron chi connectivity index (χ4n) is 1.29. The second kappa shape index (κ2) is 5.03. The molecule has 2 heterocycles. The third kappa shape index (κ3) is 2.75. The van der Waals surface area contributed by atoms with Crippen molar-refractivity contribution in [1.82, 2.24) is 9.97 Å². The number of ketones is 1. The van der Waals surface area contributed by atoms with Gasteiger partial charge in [-0.15, -0.1) is 0 Å². The van der Waals surface area contributed by atoms with E-state index < -0.39 is 0 Å². The van der Waals surface area contributed by atoms with E-state index in [1.165, 1.54) is 6.20 Å². The van der Waals surface area contributed by atoms with Crippen molar-refractivity contribution in [2.24, 2.45) is 0 Å². The van der Waals surface area contributed by atoms with Crippen LogP contribution in [0.15, 0.2) is 54.9 Å². The fraction of sp³-hybridized carbons (Fsp3) is 0. The molecule has 4 nitrogen and oxygen atoms in total. The molecule has 2 aromatic rings. The van der Waals surface area contributed by atoms with Crippen molar-refractivity contribution in [3.8, 4) is 0 Å². The molecule has 0 bridgehead atoms. The largest absolute Gasteiger partial charge is 0.506 e. The zero-order valence-corrected chi connectivity index (χ0v) is 8.95. The first kappa shape index (κ1) is 11.0. The van der Waals surface area contributed by atoms with Crippen molar-refractivity contribution in [1.29, 1.82) is 0 Å². The van der Waals surface area contributed by atoms with Gasteiger partial charge in [-0.05, 0) is 24.3 Å². The summed E-state index contributed by atoms with van der Waals surface area (Å²) in [5, 5.41) is 9.70. The Morgan fingerprint density at radius 2 is 1.59 bits per heavy atom. The zero-order chi connectivity index (χ0) is 12.1. The number of aliphatic hydroxyl groups excluding tert-OH is 1. The van der Waals surface area contributed by atoms with Gasteiger partial charge >= 0.3 is 0 Å². The predicted molar refractivity (Wildman–Crippen MR) is 63.4 cm³/mol. The highest BCUT2D eigenvalue weighted by Gasteiger charge is 2.06. The number of aliphatic hydroxyl groups is 1. The molecule has 0 aliphatic heterocycles. The minimum atomic E-state index is -0.353. The third-order valence-corrected chi connectivity index (χ3v) is 2.11. The van der Waals surface area contributed by atoms with Crippen LogP contribution in [0, 0.1) is 0 Å². The number of pyridine rings is 2. The molecule has 0 atom stereocenters. The summed E-state index contributed by atoms with van der Waals surface area (Å²) in [5.41, 5.74) is 0.645. The van der Waals surface area contributed by atoms with Gasteiger partial charge in [0.05, 0.1) is 0 Å². The molecule has 0 aromatic carbocycles. The molecule has 1 N–H and O–H groups in total. The minimum absolute atomic E-state index is 0.166. The summed E-state index contributed by atoms with van der Waals surface area (Å²) in [4.78, 5) is 19.5. The van der Waals surface area contributed by atoms with Crippen LogP contribution in [0.25, 0.3) is 5.76 Å². The fourth-order valence-corrected chi connectivity index (χ4v) is 1.29. The molecule has 17 heavy (non-hydrogen) atoms. The van der Waals surface area contributed by atoms with Crippen molar-refractivity contribution < 1.29 is 9.90 Å². The van der Waals surface area contributed by atoms with Crippen LogP contribution in [0.4, 0.5) is 0 Å². The average molecular weight is 226 g/mol. The molecular formula is C13H10N2O2. The normalized spacial score (nSPS) is 11.2. The molecule has 0 saturated carbocycles. The summed E-state index contributed by atoms with van der Waals surface area (Å²) in [6.07, 6.45) is 4.19. The van der Waals surface area contributed by atoms with Gasteiger partial charge in [0.15, 0.2) is 0 Å². The highest BCUT2D eigenvalue weighted by atomic mass is 16.3. The van der Waals surface area contributed by atoms with E-state index in [1.807, 2.05) is 0 Å². The number of carbonyl (C=O) groups is 1. The van der Waals surface area contributed by atoms with Crippen LogP contribution in [0.5, 0.6) is 0 Å². The van der Waals surface area contributed by atoms with E-state index in [0.717, 1.165) is 6.08 Å². The number of hydrogen-bond donors (Lipinski definition) is 1. The number of hydrogen-bond acceptors (Lipinski definition) is 4. The lowest BCUT2D eigenvalue weighted by Crippen LogP contribution is -1.99. The second-order valence-electron chi connectivity index (χ2n) is 3.32.